The third-order valence-corrected chi connectivity index (χ3v) is 3.11. The zero-order valence-corrected chi connectivity index (χ0v) is 7.37. The van der Waals surface area contributed by atoms with Crippen LogP contribution in [0.3, 0.4) is 0 Å². The minimum Gasteiger partial charge on any atom is -0.420 e. The summed E-state index contributed by atoms with van der Waals surface area (Å²) in [5.74, 6) is 0.991. The van der Waals surface area contributed by atoms with E-state index in [1.165, 1.54) is 12.5 Å². The summed E-state index contributed by atoms with van der Waals surface area (Å²) in [5, 5.41) is 0. The van der Waals surface area contributed by atoms with Crippen LogP contribution in [0.4, 0.5) is 0 Å². The van der Waals surface area contributed by atoms with Gasteiger partial charge >= 0.3 is 0 Å². The van der Waals surface area contributed by atoms with E-state index in [-0.39, 0.29) is 0 Å². The van der Waals surface area contributed by atoms with Crippen molar-refractivity contribution >= 4 is 21.7 Å². The van der Waals surface area contributed by atoms with E-state index in [1.54, 1.807) is 7.11 Å². The zero-order chi connectivity index (χ0) is 6.41. The average Bonchev–Trinajstić information content (AvgIpc) is 1.83. The molecule has 1 radical (unpaired) electrons. The molecule has 49 valence electrons. The van der Waals surface area contributed by atoms with Gasteiger partial charge in [0.15, 0.2) is 0 Å². The van der Waals surface area contributed by atoms with Crippen LogP contribution in [0.25, 0.3) is 0 Å². The van der Waals surface area contributed by atoms with Gasteiger partial charge in [0.1, 0.15) is 0 Å². The normalized spacial score (nSPS) is 10.5. The molecule has 0 aromatic carbocycles. The van der Waals surface area contributed by atoms with Gasteiger partial charge < -0.3 is 4.43 Å². The van der Waals surface area contributed by atoms with E-state index in [0.717, 1.165) is 5.75 Å². The van der Waals surface area contributed by atoms with E-state index in [9.17, 15) is 0 Å². The maximum absolute atomic E-state index is 5.12. The van der Waals surface area contributed by atoms with E-state index in [1.807, 2.05) is 0 Å². The average molecular weight is 149 g/mol. The summed E-state index contributed by atoms with van der Waals surface area (Å²) in [7, 11) is 1.34. The molecule has 0 amide bonds. The van der Waals surface area contributed by atoms with Crippen molar-refractivity contribution in [1.29, 1.82) is 0 Å². The monoisotopic (exact) mass is 149 g/mol. The van der Waals surface area contributed by atoms with Gasteiger partial charge in [0.25, 0.3) is 0 Å². The Morgan fingerprint density at radius 2 is 2.25 bits per heavy atom. The summed E-state index contributed by atoms with van der Waals surface area (Å²) in [6.45, 7) is 2.17. The van der Waals surface area contributed by atoms with E-state index >= 15 is 0 Å². The van der Waals surface area contributed by atoms with Crippen LogP contribution in [-0.4, -0.2) is 21.9 Å². The van der Waals surface area contributed by atoms with Crippen molar-refractivity contribution < 1.29 is 4.43 Å². The number of thiol groups is 1. The standard InChI is InChI=1S/C5H13OSSi/c1-6-8(2)5-3-4-7/h7H,3-5H2,1-2H3. The lowest BCUT2D eigenvalue weighted by Gasteiger charge is -2.02. The van der Waals surface area contributed by atoms with E-state index in [4.69, 9.17) is 4.43 Å². The Hall–Kier alpha value is 0.527. The maximum atomic E-state index is 5.12. The molecule has 0 saturated carbocycles. The van der Waals surface area contributed by atoms with Gasteiger partial charge in [-0.05, 0) is 24.8 Å². The second-order valence-corrected chi connectivity index (χ2v) is 4.49. The van der Waals surface area contributed by atoms with E-state index < -0.39 is 9.04 Å². The lowest BCUT2D eigenvalue weighted by Crippen LogP contribution is -2.09. The summed E-state index contributed by atoms with van der Waals surface area (Å²) in [6.07, 6.45) is 1.20. The van der Waals surface area contributed by atoms with Crippen molar-refractivity contribution in [1.82, 2.24) is 0 Å². The topological polar surface area (TPSA) is 9.23 Å². The molecule has 0 rings (SSSR count). The zero-order valence-electron chi connectivity index (χ0n) is 5.48. The molecule has 0 spiro atoms. The van der Waals surface area contributed by atoms with Crippen LogP contribution < -0.4 is 0 Å². The molecule has 0 aromatic heterocycles. The van der Waals surface area contributed by atoms with Gasteiger partial charge in [-0.1, -0.05) is 0 Å². The Labute approximate surface area is 58.6 Å². The molecule has 0 bridgehead atoms. The fraction of sp³-hybridized carbons (Fsp3) is 1.00. The second-order valence-electron chi connectivity index (χ2n) is 1.73. The van der Waals surface area contributed by atoms with Crippen molar-refractivity contribution in [3.8, 4) is 0 Å². The van der Waals surface area contributed by atoms with Gasteiger partial charge in [0.2, 0.25) is 9.04 Å². The Bertz CT molecular complexity index is 51.7. The van der Waals surface area contributed by atoms with Crippen molar-refractivity contribution in [2.45, 2.75) is 19.0 Å². The quantitative estimate of drug-likeness (QED) is 0.471. The fourth-order valence-electron chi connectivity index (χ4n) is 0.430. The van der Waals surface area contributed by atoms with Crippen LogP contribution in [0.2, 0.25) is 12.6 Å². The Kier molecular flexibility index (Phi) is 6.03. The third-order valence-electron chi connectivity index (χ3n) is 1.04. The van der Waals surface area contributed by atoms with E-state index in [0.29, 0.717) is 0 Å². The molecule has 0 heterocycles. The SMILES string of the molecule is CO[Si](C)CCCS. The molecule has 0 fully saturated rings. The Balaban J connectivity index is 2.86. The van der Waals surface area contributed by atoms with Crippen molar-refractivity contribution in [2.75, 3.05) is 12.9 Å². The molecular formula is C5H13OSSi. The van der Waals surface area contributed by atoms with Crippen LogP contribution in [0.15, 0.2) is 0 Å². The van der Waals surface area contributed by atoms with Crippen molar-refractivity contribution in [3.63, 3.8) is 0 Å². The van der Waals surface area contributed by atoms with Gasteiger partial charge in [-0.3, -0.25) is 0 Å². The molecule has 0 N–H and O–H groups in total. The molecule has 0 aliphatic heterocycles. The highest BCUT2D eigenvalue weighted by Crippen LogP contribution is 1.98. The molecule has 0 saturated heterocycles. The van der Waals surface area contributed by atoms with Crippen LogP contribution in [0.1, 0.15) is 6.42 Å². The number of rotatable bonds is 4. The van der Waals surface area contributed by atoms with E-state index in [2.05, 4.69) is 19.2 Å². The molecule has 0 aliphatic carbocycles. The smallest absolute Gasteiger partial charge is 0.207 e. The van der Waals surface area contributed by atoms with Crippen molar-refractivity contribution in [2.24, 2.45) is 0 Å². The third kappa shape index (κ3) is 4.68. The van der Waals surface area contributed by atoms with Crippen LogP contribution >= 0.6 is 12.6 Å². The first-order chi connectivity index (χ1) is 3.81. The van der Waals surface area contributed by atoms with Crippen LogP contribution in [0.5, 0.6) is 0 Å². The number of hydrogen-bond acceptors (Lipinski definition) is 2. The van der Waals surface area contributed by atoms with Gasteiger partial charge in [0.05, 0.1) is 0 Å². The fourth-order valence-corrected chi connectivity index (χ4v) is 1.76. The molecule has 8 heavy (non-hydrogen) atoms. The maximum Gasteiger partial charge on any atom is 0.207 e. The van der Waals surface area contributed by atoms with Gasteiger partial charge in [-0.25, -0.2) is 0 Å². The first kappa shape index (κ1) is 8.53. The predicted octanol–water partition coefficient (Wildman–Crippen LogP) is 1.57. The van der Waals surface area contributed by atoms with Gasteiger partial charge in [0, 0.05) is 7.11 Å². The first-order valence-corrected chi connectivity index (χ1v) is 5.53. The molecule has 0 aromatic rings. The highest BCUT2D eigenvalue weighted by molar-refractivity contribution is 7.80. The largest absolute Gasteiger partial charge is 0.420 e. The predicted molar refractivity (Wildman–Crippen MR) is 41.9 cm³/mol. The minimum atomic E-state index is -0.440. The second kappa shape index (κ2) is 5.66. The van der Waals surface area contributed by atoms with Crippen LogP contribution in [-0.2, 0) is 4.43 Å². The Morgan fingerprint density at radius 3 is 2.62 bits per heavy atom. The molecule has 0 aliphatic rings. The summed E-state index contributed by atoms with van der Waals surface area (Å²) in [5.41, 5.74) is 0. The minimum absolute atomic E-state index is 0.440. The lowest BCUT2D eigenvalue weighted by molar-refractivity contribution is 0.423. The summed E-state index contributed by atoms with van der Waals surface area (Å²) in [6, 6.07) is 1.23. The first-order valence-electron chi connectivity index (χ1n) is 2.78. The lowest BCUT2D eigenvalue weighted by atomic mass is 10.6. The van der Waals surface area contributed by atoms with Crippen molar-refractivity contribution in [3.05, 3.63) is 0 Å². The van der Waals surface area contributed by atoms with Crippen LogP contribution in [0, 0.1) is 0 Å². The summed E-state index contributed by atoms with van der Waals surface area (Å²) >= 11 is 4.09. The molecule has 0 atom stereocenters. The van der Waals surface area contributed by atoms with Gasteiger partial charge in [-0.15, -0.1) is 0 Å². The molecule has 3 heteroatoms. The molecular weight excluding hydrogens is 136 g/mol. The summed E-state index contributed by atoms with van der Waals surface area (Å²) in [4.78, 5) is 0. The van der Waals surface area contributed by atoms with Gasteiger partial charge in [-0.2, -0.15) is 12.6 Å². The Morgan fingerprint density at radius 1 is 1.62 bits per heavy atom. The highest BCUT2D eigenvalue weighted by atomic mass is 32.1. The summed E-state index contributed by atoms with van der Waals surface area (Å²) < 4.78 is 5.12. The number of hydrogen-bond donors (Lipinski definition) is 1. The molecule has 1 nitrogen and oxygen atoms in total. The molecule has 0 unspecified atom stereocenters. The highest BCUT2D eigenvalue weighted by Gasteiger charge is 1.99.